The Hall–Kier alpha value is -1.24. The predicted molar refractivity (Wildman–Crippen MR) is 129 cm³/mol. The molecule has 7 nitrogen and oxygen atoms in total. The van der Waals surface area contributed by atoms with Crippen LogP contribution < -0.4 is 5.32 Å². The fourth-order valence-corrected chi connectivity index (χ4v) is 3.95. The molecule has 162 valence electrons. The van der Waals surface area contributed by atoms with Gasteiger partial charge >= 0.3 is 0 Å². The number of ether oxygens (including phenoxy) is 1. The van der Waals surface area contributed by atoms with Crippen LogP contribution >= 0.6 is 35.3 Å². The van der Waals surface area contributed by atoms with Crippen molar-refractivity contribution in [3.8, 4) is 0 Å². The molecule has 29 heavy (non-hydrogen) atoms. The van der Waals surface area contributed by atoms with Crippen LogP contribution in [0.4, 0.5) is 0 Å². The Balaban J connectivity index is 0.00000420. The summed E-state index contributed by atoms with van der Waals surface area (Å²) in [4.78, 5) is 11.6. The first-order valence-electron chi connectivity index (χ1n) is 9.00. The number of nitrogens with one attached hydrogen (secondary N) is 1. The molecule has 0 saturated heterocycles. The lowest BCUT2D eigenvalue weighted by atomic mass is 10.2. The molecule has 1 aromatic heterocycles. The van der Waals surface area contributed by atoms with Crippen molar-refractivity contribution < 1.29 is 13.2 Å². The Morgan fingerprint density at radius 2 is 2.00 bits per heavy atom. The van der Waals surface area contributed by atoms with E-state index in [4.69, 9.17) is 4.74 Å². The summed E-state index contributed by atoms with van der Waals surface area (Å²) in [6.07, 6.45) is 1.19. The van der Waals surface area contributed by atoms with Gasteiger partial charge in [0.05, 0.1) is 23.7 Å². The summed E-state index contributed by atoms with van der Waals surface area (Å²) in [6.45, 7) is 5.84. The molecule has 0 aliphatic rings. The van der Waals surface area contributed by atoms with Gasteiger partial charge in [0.1, 0.15) is 11.1 Å². The molecule has 1 unspecified atom stereocenters. The van der Waals surface area contributed by atoms with Gasteiger partial charge in [-0.25, -0.2) is 18.4 Å². The van der Waals surface area contributed by atoms with Crippen molar-refractivity contribution >= 4 is 51.1 Å². The van der Waals surface area contributed by atoms with Gasteiger partial charge in [-0.3, -0.25) is 0 Å². The number of methoxy groups -OCH3 is 1. The minimum Gasteiger partial charge on any atom is -0.375 e. The summed E-state index contributed by atoms with van der Waals surface area (Å²) in [5.74, 6) is 0.768. The standard InChI is InChI=1S/C19H28N4O3S2.HI/c1-6-20-19(21-11-15-7-9-17(10-8-15)28(5,24)25)23(3)12-16-13-27-18(22-16)14(2)26-4;/h7-10,13-14H,6,11-12H2,1-5H3,(H,20,21);1H. The van der Waals surface area contributed by atoms with E-state index in [-0.39, 0.29) is 30.1 Å². The molecular formula is C19H29IN4O3S2. The third kappa shape index (κ3) is 7.83. The Morgan fingerprint density at radius 1 is 1.34 bits per heavy atom. The number of thiazole rings is 1. The second-order valence-electron chi connectivity index (χ2n) is 6.50. The van der Waals surface area contributed by atoms with E-state index in [0.29, 0.717) is 18.0 Å². The molecule has 2 rings (SSSR count). The van der Waals surface area contributed by atoms with Gasteiger partial charge in [0, 0.05) is 32.3 Å². The predicted octanol–water partition coefficient (Wildman–Crippen LogP) is 3.47. The van der Waals surface area contributed by atoms with Crippen LogP contribution in [-0.2, 0) is 27.7 Å². The van der Waals surface area contributed by atoms with Crippen LogP contribution in [0.5, 0.6) is 0 Å². The first-order chi connectivity index (χ1) is 13.2. The second-order valence-corrected chi connectivity index (χ2v) is 9.40. The number of benzene rings is 1. The Morgan fingerprint density at radius 3 is 2.55 bits per heavy atom. The highest BCUT2D eigenvalue weighted by molar-refractivity contribution is 14.0. The van der Waals surface area contributed by atoms with E-state index >= 15 is 0 Å². The first-order valence-corrected chi connectivity index (χ1v) is 11.8. The van der Waals surface area contributed by atoms with E-state index < -0.39 is 9.84 Å². The normalized spacial score (nSPS) is 12.9. The Labute approximate surface area is 194 Å². The zero-order valence-electron chi connectivity index (χ0n) is 17.4. The van der Waals surface area contributed by atoms with Gasteiger partial charge in [-0.05, 0) is 31.5 Å². The third-order valence-corrected chi connectivity index (χ3v) is 6.31. The number of rotatable bonds is 8. The van der Waals surface area contributed by atoms with Gasteiger partial charge in [-0.1, -0.05) is 12.1 Å². The smallest absolute Gasteiger partial charge is 0.194 e. The maximum Gasteiger partial charge on any atom is 0.194 e. The summed E-state index contributed by atoms with van der Waals surface area (Å²) >= 11 is 1.59. The summed E-state index contributed by atoms with van der Waals surface area (Å²) in [7, 11) is 0.457. The molecule has 0 radical (unpaired) electrons. The zero-order chi connectivity index (χ0) is 20.7. The van der Waals surface area contributed by atoms with E-state index in [0.717, 1.165) is 28.8 Å². The number of sulfone groups is 1. The van der Waals surface area contributed by atoms with Crippen molar-refractivity contribution in [3.63, 3.8) is 0 Å². The Bertz CT molecular complexity index is 898. The van der Waals surface area contributed by atoms with Crippen molar-refractivity contribution in [2.75, 3.05) is 27.0 Å². The maximum absolute atomic E-state index is 11.6. The lowest BCUT2D eigenvalue weighted by molar-refractivity contribution is 0.119. The third-order valence-electron chi connectivity index (χ3n) is 4.13. The SMILES string of the molecule is CCNC(=NCc1ccc(S(C)(=O)=O)cc1)N(C)Cc1csc(C(C)OC)n1.I. The molecule has 0 amide bonds. The van der Waals surface area contributed by atoms with Crippen molar-refractivity contribution in [1.29, 1.82) is 0 Å². The quantitative estimate of drug-likeness (QED) is 0.307. The van der Waals surface area contributed by atoms with Crippen LogP contribution in [-0.4, -0.2) is 51.2 Å². The van der Waals surface area contributed by atoms with Gasteiger partial charge in [-0.2, -0.15) is 0 Å². The number of guanidine groups is 1. The highest BCUT2D eigenvalue weighted by atomic mass is 127. The minimum atomic E-state index is -3.19. The Kier molecular flexibility index (Phi) is 10.5. The van der Waals surface area contributed by atoms with E-state index in [1.54, 1.807) is 42.7 Å². The number of hydrogen-bond donors (Lipinski definition) is 1. The molecule has 0 aliphatic heterocycles. The molecular weight excluding hydrogens is 523 g/mol. The summed E-state index contributed by atoms with van der Waals surface area (Å²) in [5.41, 5.74) is 1.91. The lowest BCUT2D eigenvalue weighted by Gasteiger charge is -2.21. The van der Waals surface area contributed by atoms with Gasteiger partial charge in [0.25, 0.3) is 0 Å². The van der Waals surface area contributed by atoms with Crippen molar-refractivity contribution in [2.24, 2.45) is 4.99 Å². The number of nitrogens with zero attached hydrogens (tertiary/aromatic N) is 3. The lowest BCUT2D eigenvalue weighted by Crippen LogP contribution is -2.38. The highest BCUT2D eigenvalue weighted by Gasteiger charge is 2.13. The summed E-state index contributed by atoms with van der Waals surface area (Å²) in [6, 6.07) is 6.82. The van der Waals surface area contributed by atoms with Crippen LogP contribution in [0.2, 0.25) is 0 Å². The van der Waals surface area contributed by atoms with E-state index in [1.807, 2.05) is 31.2 Å². The molecule has 10 heteroatoms. The van der Waals surface area contributed by atoms with Crippen LogP contribution in [0.1, 0.15) is 36.2 Å². The molecule has 0 fully saturated rings. The molecule has 1 N–H and O–H groups in total. The fourth-order valence-electron chi connectivity index (χ4n) is 2.48. The summed E-state index contributed by atoms with van der Waals surface area (Å²) in [5, 5.41) is 6.27. The topological polar surface area (TPSA) is 83.9 Å². The van der Waals surface area contributed by atoms with Crippen LogP contribution in [0.3, 0.4) is 0 Å². The van der Waals surface area contributed by atoms with Crippen LogP contribution in [0, 0.1) is 0 Å². The largest absolute Gasteiger partial charge is 0.375 e. The fraction of sp³-hybridized carbons (Fsp3) is 0.474. The number of aliphatic imine (C=N–C) groups is 1. The van der Waals surface area contributed by atoms with E-state index in [1.165, 1.54) is 6.26 Å². The first kappa shape index (κ1) is 25.8. The molecule has 0 bridgehead atoms. The van der Waals surface area contributed by atoms with Gasteiger partial charge in [-0.15, -0.1) is 35.3 Å². The molecule has 1 heterocycles. The second kappa shape index (κ2) is 11.8. The van der Waals surface area contributed by atoms with Gasteiger partial charge < -0.3 is 15.0 Å². The van der Waals surface area contributed by atoms with Crippen molar-refractivity contribution in [1.82, 2.24) is 15.2 Å². The van der Waals surface area contributed by atoms with Crippen LogP contribution in [0.25, 0.3) is 0 Å². The molecule has 0 aliphatic carbocycles. The maximum atomic E-state index is 11.6. The molecule has 1 aromatic carbocycles. The number of halogens is 1. The highest BCUT2D eigenvalue weighted by Crippen LogP contribution is 2.21. The van der Waals surface area contributed by atoms with Crippen molar-refractivity contribution in [3.05, 3.63) is 45.9 Å². The summed E-state index contributed by atoms with van der Waals surface area (Å²) < 4.78 is 28.4. The zero-order valence-corrected chi connectivity index (χ0v) is 21.3. The monoisotopic (exact) mass is 552 g/mol. The molecule has 0 spiro atoms. The average molecular weight is 553 g/mol. The van der Waals surface area contributed by atoms with E-state index in [9.17, 15) is 8.42 Å². The van der Waals surface area contributed by atoms with Gasteiger partial charge in [0.15, 0.2) is 15.8 Å². The minimum absolute atomic E-state index is 0. The molecule has 0 saturated carbocycles. The average Bonchev–Trinajstić information content (AvgIpc) is 3.12. The van der Waals surface area contributed by atoms with Crippen LogP contribution in [0.15, 0.2) is 39.5 Å². The molecule has 2 aromatic rings. The van der Waals surface area contributed by atoms with Crippen molar-refractivity contribution in [2.45, 2.75) is 37.9 Å². The number of hydrogen-bond acceptors (Lipinski definition) is 6. The van der Waals surface area contributed by atoms with E-state index in [2.05, 4.69) is 15.3 Å². The molecule has 1 atom stereocenters. The van der Waals surface area contributed by atoms with Gasteiger partial charge in [0.2, 0.25) is 0 Å². The number of aromatic nitrogens is 1.